The van der Waals surface area contributed by atoms with Gasteiger partial charge >= 0.3 is 5.82 Å². The van der Waals surface area contributed by atoms with Crippen LogP contribution >= 0.6 is 0 Å². The Morgan fingerprint density at radius 3 is 2.53 bits per heavy atom. The van der Waals surface area contributed by atoms with Gasteiger partial charge in [0.25, 0.3) is 0 Å². The van der Waals surface area contributed by atoms with Gasteiger partial charge in [-0.2, -0.15) is 0 Å². The number of imidazole rings is 1. The Balaban J connectivity index is 1.70. The molecule has 0 aliphatic heterocycles. The van der Waals surface area contributed by atoms with E-state index in [4.69, 9.17) is 0 Å². The average molecular weight is 412 g/mol. The van der Waals surface area contributed by atoms with Crippen LogP contribution in [0.1, 0.15) is 19.7 Å². The van der Waals surface area contributed by atoms with Gasteiger partial charge in [-0.3, -0.25) is 14.2 Å². The van der Waals surface area contributed by atoms with Gasteiger partial charge in [-0.15, -0.1) is 0 Å². The lowest BCUT2D eigenvalue weighted by Crippen LogP contribution is -2.33. The molecule has 30 heavy (non-hydrogen) atoms. The van der Waals surface area contributed by atoms with E-state index in [0.29, 0.717) is 24.6 Å². The molecule has 1 aromatic carbocycles. The number of rotatable bonds is 8. The second-order valence-corrected chi connectivity index (χ2v) is 6.86. The smallest absolute Gasteiger partial charge is 0.358 e. The Morgan fingerprint density at radius 1 is 1.17 bits per heavy atom. The predicted octanol–water partition coefficient (Wildman–Crippen LogP) is 2.56. The molecule has 3 rings (SSSR count). The zero-order chi connectivity index (χ0) is 21.8. The van der Waals surface area contributed by atoms with Crippen molar-refractivity contribution in [1.29, 1.82) is 0 Å². The third-order valence-corrected chi connectivity index (χ3v) is 4.94. The summed E-state index contributed by atoms with van der Waals surface area (Å²) < 4.78 is 3.32. The van der Waals surface area contributed by atoms with Gasteiger partial charge in [0, 0.05) is 42.8 Å². The predicted molar refractivity (Wildman–Crippen MR) is 112 cm³/mol. The lowest BCUT2D eigenvalue weighted by Gasteiger charge is -2.19. The number of likely N-dealkylation sites (N-methyl/N-ethyl adjacent to an activating group) is 1. The maximum atomic E-state index is 12.4. The molecular weight excluding hydrogens is 388 g/mol. The Hall–Kier alpha value is -3.69. The van der Waals surface area contributed by atoms with Crippen molar-refractivity contribution in [2.45, 2.75) is 33.9 Å². The van der Waals surface area contributed by atoms with Crippen molar-refractivity contribution in [3.8, 4) is 0 Å². The molecule has 0 unspecified atom stereocenters. The molecule has 0 bridgehead atoms. The first-order chi connectivity index (χ1) is 14.3. The van der Waals surface area contributed by atoms with Crippen LogP contribution in [0.5, 0.6) is 0 Å². The molecule has 0 spiro atoms. The number of aromatic nitrogens is 3. The first-order valence-corrected chi connectivity index (χ1v) is 9.67. The fourth-order valence-electron chi connectivity index (χ4n) is 3.33. The van der Waals surface area contributed by atoms with Crippen LogP contribution in [0.4, 0.5) is 11.5 Å². The topological polar surface area (TPSA) is 115 Å². The number of hydrogen-bond donors (Lipinski definition) is 1. The monoisotopic (exact) mass is 412 g/mol. The molecule has 10 nitrogen and oxygen atoms in total. The number of nitro groups is 1. The highest BCUT2D eigenvalue weighted by Crippen LogP contribution is 2.21. The summed E-state index contributed by atoms with van der Waals surface area (Å²) in [6.45, 7) is 7.03. The normalized spacial score (nSPS) is 10.9. The van der Waals surface area contributed by atoms with Gasteiger partial charge in [-0.1, -0.05) is 0 Å². The van der Waals surface area contributed by atoms with Crippen molar-refractivity contribution in [1.82, 2.24) is 19.0 Å². The van der Waals surface area contributed by atoms with Crippen molar-refractivity contribution in [2.24, 2.45) is 0 Å². The van der Waals surface area contributed by atoms with Gasteiger partial charge < -0.3 is 24.9 Å². The van der Waals surface area contributed by atoms with Crippen molar-refractivity contribution < 1.29 is 14.5 Å². The molecule has 10 heteroatoms. The van der Waals surface area contributed by atoms with E-state index in [9.17, 15) is 19.7 Å². The third-order valence-electron chi connectivity index (χ3n) is 4.94. The molecule has 2 amide bonds. The molecule has 0 radical (unpaired) electrons. The number of carbonyl (C=O) groups excluding carboxylic acids is 2. The summed E-state index contributed by atoms with van der Waals surface area (Å²) >= 11 is 0. The molecule has 2 aromatic heterocycles. The highest BCUT2D eigenvalue weighted by molar-refractivity contribution is 5.94. The SMILES string of the molecule is CCN(CC)C(=O)Cn1ccc2cc(NC(=O)Cn3cc([N+](=O)[O-])nc3C)ccc21. The number of amides is 2. The van der Waals surface area contributed by atoms with Crippen LogP contribution in [0.25, 0.3) is 10.9 Å². The molecule has 158 valence electrons. The molecule has 0 fully saturated rings. The summed E-state index contributed by atoms with van der Waals surface area (Å²) in [5.41, 5.74) is 1.50. The van der Waals surface area contributed by atoms with Crippen molar-refractivity contribution in [2.75, 3.05) is 18.4 Å². The summed E-state index contributed by atoms with van der Waals surface area (Å²) in [6, 6.07) is 7.34. The first kappa shape index (κ1) is 21.0. The lowest BCUT2D eigenvalue weighted by molar-refractivity contribution is -0.389. The quantitative estimate of drug-likeness (QED) is 0.451. The van der Waals surface area contributed by atoms with E-state index in [1.54, 1.807) is 17.9 Å². The molecule has 3 aromatic rings. The lowest BCUT2D eigenvalue weighted by atomic mass is 10.2. The van der Waals surface area contributed by atoms with E-state index in [2.05, 4.69) is 10.3 Å². The van der Waals surface area contributed by atoms with E-state index in [1.807, 2.05) is 42.8 Å². The van der Waals surface area contributed by atoms with E-state index >= 15 is 0 Å². The number of aryl methyl sites for hydroxylation is 1. The number of fused-ring (bicyclic) bond motifs is 1. The fraction of sp³-hybridized carbons (Fsp3) is 0.350. The van der Waals surface area contributed by atoms with Crippen LogP contribution < -0.4 is 5.32 Å². The maximum absolute atomic E-state index is 12.4. The molecule has 1 N–H and O–H groups in total. The zero-order valence-corrected chi connectivity index (χ0v) is 17.2. The van der Waals surface area contributed by atoms with Crippen LogP contribution in [0, 0.1) is 17.0 Å². The second-order valence-electron chi connectivity index (χ2n) is 6.86. The molecular formula is C20H24N6O4. The van der Waals surface area contributed by atoms with Gasteiger partial charge in [0.15, 0.2) is 0 Å². The summed E-state index contributed by atoms with van der Waals surface area (Å²) in [5, 5.41) is 14.5. The molecule has 0 saturated carbocycles. The van der Waals surface area contributed by atoms with Crippen LogP contribution in [0.3, 0.4) is 0 Å². The Kier molecular flexibility index (Phi) is 6.14. The minimum atomic E-state index is -0.592. The number of anilines is 1. The van der Waals surface area contributed by atoms with E-state index in [1.165, 1.54) is 10.8 Å². The van der Waals surface area contributed by atoms with Crippen LogP contribution in [-0.4, -0.2) is 48.8 Å². The fourth-order valence-corrected chi connectivity index (χ4v) is 3.33. The number of nitrogens with one attached hydrogen (secondary N) is 1. The van der Waals surface area contributed by atoms with Gasteiger partial charge in [-0.25, -0.2) is 0 Å². The average Bonchev–Trinajstić information content (AvgIpc) is 3.26. The molecule has 2 heterocycles. The molecule has 0 saturated heterocycles. The van der Waals surface area contributed by atoms with Gasteiger partial charge in [0.05, 0.1) is 0 Å². The second kappa shape index (κ2) is 8.76. The van der Waals surface area contributed by atoms with Crippen molar-refractivity contribution in [3.05, 3.63) is 52.6 Å². The number of carbonyl (C=O) groups is 2. The molecule has 0 aliphatic carbocycles. The molecule has 0 aliphatic rings. The number of hydrogen-bond acceptors (Lipinski definition) is 5. The minimum Gasteiger partial charge on any atom is -0.358 e. The molecule has 0 atom stereocenters. The largest absolute Gasteiger partial charge is 0.381 e. The van der Waals surface area contributed by atoms with E-state index in [-0.39, 0.29) is 30.7 Å². The van der Waals surface area contributed by atoms with Gasteiger partial charge in [0.1, 0.15) is 19.3 Å². The summed E-state index contributed by atoms with van der Waals surface area (Å²) in [5.74, 6) is -0.162. The maximum Gasteiger partial charge on any atom is 0.381 e. The van der Waals surface area contributed by atoms with E-state index in [0.717, 1.165) is 10.9 Å². The summed E-state index contributed by atoms with van der Waals surface area (Å²) in [6.07, 6.45) is 3.09. The summed E-state index contributed by atoms with van der Waals surface area (Å²) in [7, 11) is 0. The number of benzene rings is 1. The van der Waals surface area contributed by atoms with Gasteiger partial charge in [0.2, 0.25) is 17.6 Å². The minimum absolute atomic E-state index is 0.0553. The van der Waals surface area contributed by atoms with Crippen molar-refractivity contribution in [3.63, 3.8) is 0 Å². The standard InChI is InChI=1S/C20H24N6O4/c1-4-23(5-2)20(28)13-24-9-8-15-10-16(6-7-17(15)24)22-19(27)12-25-11-18(26(29)30)21-14(25)3/h6-11H,4-5,12-13H2,1-3H3,(H,22,27). The number of nitrogens with zero attached hydrogens (tertiary/aromatic N) is 5. The highest BCUT2D eigenvalue weighted by atomic mass is 16.6. The summed E-state index contributed by atoms with van der Waals surface area (Å²) in [4.78, 5) is 40.5. The van der Waals surface area contributed by atoms with Crippen LogP contribution in [0.15, 0.2) is 36.7 Å². The Labute approximate surface area is 173 Å². The third kappa shape index (κ3) is 4.48. The Morgan fingerprint density at radius 2 is 1.90 bits per heavy atom. The van der Waals surface area contributed by atoms with Crippen molar-refractivity contribution >= 4 is 34.2 Å². The zero-order valence-electron chi connectivity index (χ0n) is 17.2. The highest BCUT2D eigenvalue weighted by Gasteiger charge is 2.17. The van der Waals surface area contributed by atoms with E-state index < -0.39 is 4.92 Å². The first-order valence-electron chi connectivity index (χ1n) is 9.67. The Bertz CT molecular complexity index is 1100. The van der Waals surface area contributed by atoms with Gasteiger partial charge in [-0.05, 0) is 48.0 Å². The van der Waals surface area contributed by atoms with Crippen LogP contribution in [0.2, 0.25) is 0 Å². The van der Waals surface area contributed by atoms with Crippen LogP contribution in [-0.2, 0) is 22.7 Å².